The van der Waals surface area contributed by atoms with Crippen LogP contribution in [0, 0.1) is 5.92 Å². The molecule has 1 aliphatic rings. The first kappa shape index (κ1) is 18.0. The zero-order valence-electron chi connectivity index (χ0n) is 15.0. The Kier molecular flexibility index (Phi) is 5.89. The maximum atomic E-state index is 12.3. The Hall–Kier alpha value is -2.82. The van der Waals surface area contributed by atoms with E-state index in [0.717, 1.165) is 23.4 Å². The van der Waals surface area contributed by atoms with Crippen molar-refractivity contribution in [2.45, 2.75) is 19.3 Å². The van der Waals surface area contributed by atoms with Crippen molar-refractivity contribution in [1.29, 1.82) is 0 Å². The second-order valence-electron chi connectivity index (χ2n) is 6.56. The first-order chi connectivity index (χ1) is 12.7. The van der Waals surface area contributed by atoms with Crippen molar-refractivity contribution in [2.75, 3.05) is 25.1 Å². The van der Waals surface area contributed by atoms with Crippen LogP contribution < -0.4 is 15.0 Å². The number of anilines is 1. The van der Waals surface area contributed by atoms with Crippen LogP contribution in [0.3, 0.4) is 0 Å². The van der Waals surface area contributed by atoms with Gasteiger partial charge in [-0.05, 0) is 36.2 Å². The van der Waals surface area contributed by atoms with E-state index in [1.54, 1.807) is 12.0 Å². The summed E-state index contributed by atoms with van der Waals surface area (Å²) in [5, 5.41) is 2.97. The SMILES string of the molecule is COc1ccc(N2C[C@H](CNC(=O)CCc3ccccc3)CC2=O)cc1. The monoisotopic (exact) mass is 352 g/mol. The van der Waals surface area contributed by atoms with Gasteiger partial charge in [-0.3, -0.25) is 9.59 Å². The van der Waals surface area contributed by atoms with Gasteiger partial charge in [-0.25, -0.2) is 0 Å². The van der Waals surface area contributed by atoms with Gasteiger partial charge in [0.2, 0.25) is 11.8 Å². The second kappa shape index (κ2) is 8.52. The lowest BCUT2D eigenvalue weighted by Crippen LogP contribution is -2.31. The Labute approximate surface area is 154 Å². The topological polar surface area (TPSA) is 58.6 Å². The lowest BCUT2D eigenvalue weighted by Gasteiger charge is -2.17. The molecule has 1 aliphatic heterocycles. The molecule has 2 aromatic rings. The third kappa shape index (κ3) is 4.63. The Morgan fingerprint density at radius 2 is 1.88 bits per heavy atom. The normalized spacial score (nSPS) is 16.6. The van der Waals surface area contributed by atoms with Crippen molar-refractivity contribution in [1.82, 2.24) is 5.32 Å². The number of hydrogen-bond donors (Lipinski definition) is 1. The van der Waals surface area contributed by atoms with E-state index < -0.39 is 0 Å². The molecule has 1 fully saturated rings. The molecule has 2 amide bonds. The van der Waals surface area contributed by atoms with Gasteiger partial charge in [0.05, 0.1) is 7.11 Å². The average Bonchev–Trinajstić information content (AvgIpc) is 3.06. The van der Waals surface area contributed by atoms with Gasteiger partial charge >= 0.3 is 0 Å². The quantitative estimate of drug-likeness (QED) is 0.834. The first-order valence-corrected chi connectivity index (χ1v) is 8.91. The van der Waals surface area contributed by atoms with Gasteiger partial charge in [0.1, 0.15) is 5.75 Å². The van der Waals surface area contributed by atoms with Crippen molar-refractivity contribution in [3.05, 3.63) is 60.2 Å². The highest BCUT2D eigenvalue weighted by Gasteiger charge is 2.30. The molecular weight excluding hydrogens is 328 g/mol. The summed E-state index contributed by atoms with van der Waals surface area (Å²) in [4.78, 5) is 26.1. The van der Waals surface area contributed by atoms with E-state index in [9.17, 15) is 9.59 Å². The molecule has 1 atom stereocenters. The summed E-state index contributed by atoms with van der Waals surface area (Å²) in [7, 11) is 1.62. The Morgan fingerprint density at radius 3 is 2.58 bits per heavy atom. The average molecular weight is 352 g/mol. The number of ether oxygens (including phenoxy) is 1. The van der Waals surface area contributed by atoms with E-state index in [4.69, 9.17) is 4.74 Å². The maximum absolute atomic E-state index is 12.3. The number of amides is 2. The van der Waals surface area contributed by atoms with E-state index in [2.05, 4.69) is 5.32 Å². The van der Waals surface area contributed by atoms with Crippen molar-refractivity contribution < 1.29 is 14.3 Å². The number of hydrogen-bond acceptors (Lipinski definition) is 3. The molecule has 0 aromatic heterocycles. The summed E-state index contributed by atoms with van der Waals surface area (Å²) in [5.41, 5.74) is 2.03. The second-order valence-corrected chi connectivity index (χ2v) is 6.56. The number of nitrogens with one attached hydrogen (secondary N) is 1. The van der Waals surface area contributed by atoms with E-state index in [1.165, 1.54) is 0 Å². The lowest BCUT2D eigenvalue weighted by molar-refractivity contribution is -0.121. The number of carbonyl (C=O) groups is 2. The first-order valence-electron chi connectivity index (χ1n) is 8.91. The van der Waals surface area contributed by atoms with Crippen molar-refractivity contribution in [3.63, 3.8) is 0 Å². The third-order valence-electron chi connectivity index (χ3n) is 4.66. The number of methoxy groups -OCH3 is 1. The summed E-state index contributed by atoms with van der Waals surface area (Å²) < 4.78 is 5.15. The highest BCUT2D eigenvalue weighted by atomic mass is 16.5. The van der Waals surface area contributed by atoms with Crippen molar-refractivity contribution in [2.24, 2.45) is 5.92 Å². The minimum atomic E-state index is 0.0317. The highest BCUT2D eigenvalue weighted by Crippen LogP contribution is 2.26. The Balaban J connectivity index is 1.45. The molecule has 0 spiro atoms. The number of nitrogens with zero attached hydrogens (tertiary/aromatic N) is 1. The summed E-state index contributed by atoms with van der Waals surface area (Å²) in [6, 6.07) is 17.4. The van der Waals surface area contributed by atoms with Crippen LogP contribution in [0.25, 0.3) is 0 Å². The van der Waals surface area contributed by atoms with Crippen molar-refractivity contribution in [3.8, 4) is 5.75 Å². The van der Waals surface area contributed by atoms with Gasteiger partial charge in [0.15, 0.2) is 0 Å². The van der Waals surface area contributed by atoms with Crippen LogP contribution in [0.4, 0.5) is 5.69 Å². The molecule has 1 saturated heterocycles. The minimum absolute atomic E-state index is 0.0317. The fraction of sp³-hybridized carbons (Fsp3) is 0.333. The molecule has 136 valence electrons. The fourth-order valence-electron chi connectivity index (χ4n) is 3.18. The van der Waals surface area contributed by atoms with Gasteiger partial charge in [0.25, 0.3) is 0 Å². The van der Waals surface area contributed by atoms with Gasteiger partial charge in [-0.1, -0.05) is 30.3 Å². The molecule has 0 unspecified atom stereocenters. The number of aryl methyl sites for hydroxylation is 1. The molecule has 1 heterocycles. The Bertz CT molecular complexity index is 744. The largest absolute Gasteiger partial charge is 0.497 e. The summed E-state index contributed by atoms with van der Waals surface area (Å²) in [6.07, 6.45) is 1.66. The number of benzene rings is 2. The van der Waals surface area contributed by atoms with Gasteiger partial charge in [0, 0.05) is 37.5 Å². The van der Waals surface area contributed by atoms with E-state index in [1.807, 2.05) is 54.6 Å². The summed E-state index contributed by atoms with van der Waals surface area (Å²) in [6.45, 7) is 1.16. The maximum Gasteiger partial charge on any atom is 0.227 e. The molecule has 2 aromatic carbocycles. The van der Waals surface area contributed by atoms with Gasteiger partial charge < -0.3 is 15.0 Å². The predicted octanol–water partition coefficient (Wildman–Crippen LogP) is 2.80. The molecule has 26 heavy (non-hydrogen) atoms. The standard InChI is InChI=1S/C21H24N2O3/c1-26-19-10-8-18(9-11-19)23-15-17(13-21(23)25)14-22-20(24)12-7-16-5-3-2-4-6-16/h2-6,8-11,17H,7,12-15H2,1H3,(H,22,24)/t17-/m0/s1. The third-order valence-corrected chi connectivity index (χ3v) is 4.66. The van der Waals surface area contributed by atoms with E-state index in [0.29, 0.717) is 25.9 Å². The highest BCUT2D eigenvalue weighted by molar-refractivity contribution is 5.95. The molecule has 0 saturated carbocycles. The van der Waals surface area contributed by atoms with Gasteiger partial charge in [-0.2, -0.15) is 0 Å². The fourth-order valence-corrected chi connectivity index (χ4v) is 3.18. The smallest absolute Gasteiger partial charge is 0.227 e. The van der Waals surface area contributed by atoms with Crippen molar-refractivity contribution >= 4 is 17.5 Å². The van der Waals surface area contributed by atoms with Crippen LogP contribution in [-0.4, -0.2) is 32.0 Å². The molecule has 1 N–H and O–H groups in total. The van der Waals surface area contributed by atoms with Crippen LogP contribution in [0.5, 0.6) is 5.75 Å². The van der Waals surface area contributed by atoms with Crippen LogP contribution in [-0.2, 0) is 16.0 Å². The van der Waals surface area contributed by atoms with Crippen LogP contribution in [0.2, 0.25) is 0 Å². The molecule has 5 heteroatoms. The Morgan fingerprint density at radius 1 is 1.15 bits per heavy atom. The molecule has 0 aliphatic carbocycles. The molecule has 0 radical (unpaired) electrons. The summed E-state index contributed by atoms with van der Waals surface area (Å²) in [5.74, 6) is 1.04. The van der Waals surface area contributed by atoms with Crippen LogP contribution in [0.1, 0.15) is 18.4 Å². The zero-order chi connectivity index (χ0) is 18.4. The van der Waals surface area contributed by atoms with Crippen LogP contribution >= 0.6 is 0 Å². The zero-order valence-corrected chi connectivity index (χ0v) is 15.0. The predicted molar refractivity (Wildman–Crippen MR) is 101 cm³/mol. The number of rotatable bonds is 7. The molecular formula is C21H24N2O3. The lowest BCUT2D eigenvalue weighted by atomic mass is 10.1. The molecule has 0 bridgehead atoms. The number of carbonyl (C=O) groups excluding carboxylic acids is 2. The molecule has 5 nitrogen and oxygen atoms in total. The van der Waals surface area contributed by atoms with Crippen LogP contribution in [0.15, 0.2) is 54.6 Å². The van der Waals surface area contributed by atoms with Gasteiger partial charge in [-0.15, -0.1) is 0 Å². The van der Waals surface area contributed by atoms with E-state index >= 15 is 0 Å². The van der Waals surface area contributed by atoms with E-state index in [-0.39, 0.29) is 17.7 Å². The minimum Gasteiger partial charge on any atom is -0.497 e. The summed E-state index contributed by atoms with van der Waals surface area (Å²) >= 11 is 0. The molecule has 3 rings (SSSR count).